The van der Waals surface area contributed by atoms with Gasteiger partial charge in [-0.05, 0) is 36.1 Å². The van der Waals surface area contributed by atoms with Crippen molar-refractivity contribution < 1.29 is 28.3 Å². The van der Waals surface area contributed by atoms with E-state index in [1.54, 1.807) is 13.8 Å². The molecule has 0 aliphatic rings. The molecule has 0 aromatic heterocycles. The first-order valence-corrected chi connectivity index (χ1v) is 13.3. The predicted molar refractivity (Wildman–Crippen MR) is 135 cm³/mol. The average molecular weight is 506 g/mol. The van der Waals surface area contributed by atoms with E-state index in [0.29, 0.717) is 18.8 Å². The maximum Gasteiger partial charge on any atom is 0.403 e. The van der Waals surface area contributed by atoms with Crippen LogP contribution in [-0.4, -0.2) is 42.4 Å². The number of likely N-dealkylation sites (N-methyl/N-ethyl adjacent to an activating group) is 1. The van der Waals surface area contributed by atoms with Gasteiger partial charge in [0.15, 0.2) is 0 Å². The third kappa shape index (κ3) is 9.45. The molecule has 35 heavy (non-hydrogen) atoms. The molecule has 1 unspecified atom stereocenters. The zero-order chi connectivity index (χ0) is 25.8. The third-order valence-corrected chi connectivity index (χ3v) is 6.81. The lowest BCUT2D eigenvalue weighted by molar-refractivity contribution is -0.130. The monoisotopic (exact) mass is 505 g/mol. The molecule has 10 heteroatoms. The van der Waals surface area contributed by atoms with Crippen LogP contribution in [0.1, 0.15) is 38.3 Å². The van der Waals surface area contributed by atoms with E-state index in [1.165, 1.54) is 7.05 Å². The van der Waals surface area contributed by atoms with Gasteiger partial charge >= 0.3 is 7.75 Å². The van der Waals surface area contributed by atoms with Gasteiger partial charge in [0, 0.05) is 13.5 Å². The van der Waals surface area contributed by atoms with Gasteiger partial charge in [-0.1, -0.05) is 62.7 Å². The zero-order valence-electron chi connectivity index (χ0n) is 20.7. The highest BCUT2D eigenvalue weighted by Crippen LogP contribution is 2.38. The van der Waals surface area contributed by atoms with E-state index >= 15 is 0 Å². The maximum atomic E-state index is 13.1. The summed E-state index contributed by atoms with van der Waals surface area (Å²) in [5, 5.41) is 7.72. The highest BCUT2D eigenvalue weighted by Gasteiger charge is 2.34. The highest BCUT2D eigenvalue weighted by atomic mass is 31.2. The van der Waals surface area contributed by atoms with E-state index in [0.717, 1.165) is 11.1 Å². The van der Waals surface area contributed by atoms with E-state index in [-0.39, 0.29) is 24.9 Å². The van der Waals surface area contributed by atoms with Gasteiger partial charge in [0.1, 0.15) is 18.4 Å². The molecule has 2 aromatic carbocycles. The average Bonchev–Trinajstić information content (AvgIpc) is 2.86. The van der Waals surface area contributed by atoms with Crippen LogP contribution in [0.2, 0.25) is 0 Å². The van der Waals surface area contributed by atoms with E-state index in [2.05, 4.69) is 15.7 Å². The Morgan fingerprint density at radius 1 is 1.00 bits per heavy atom. The molecule has 2 rings (SSSR count). The molecule has 0 fully saturated rings. The molecule has 0 aliphatic carbocycles. The number of nitrogens with one attached hydrogen (secondary N) is 3. The van der Waals surface area contributed by atoms with Gasteiger partial charge in [-0.25, -0.2) is 9.65 Å². The molecule has 0 spiro atoms. The molecular weight excluding hydrogens is 469 g/mol. The Hall–Kier alpha value is -2.71. The van der Waals surface area contributed by atoms with Crippen molar-refractivity contribution in [1.82, 2.24) is 15.7 Å². The van der Waals surface area contributed by atoms with Gasteiger partial charge in [0.05, 0.1) is 12.6 Å². The molecule has 192 valence electrons. The van der Waals surface area contributed by atoms with Crippen LogP contribution in [0.25, 0.3) is 0 Å². The molecule has 0 aliphatic heterocycles. The summed E-state index contributed by atoms with van der Waals surface area (Å²) >= 11 is 0. The van der Waals surface area contributed by atoms with Crippen LogP contribution in [0, 0.1) is 5.92 Å². The quantitative estimate of drug-likeness (QED) is 0.291. The second-order valence-electron chi connectivity index (χ2n) is 8.23. The summed E-state index contributed by atoms with van der Waals surface area (Å²) in [5.74, 6) is -0.511. The summed E-state index contributed by atoms with van der Waals surface area (Å²) in [4.78, 5) is 35.6. The molecule has 2 amide bonds. The largest absolute Gasteiger partial charge is 0.489 e. The van der Waals surface area contributed by atoms with Crippen molar-refractivity contribution in [2.24, 2.45) is 5.92 Å². The first kappa shape index (κ1) is 28.5. The molecule has 9 nitrogen and oxygen atoms in total. The van der Waals surface area contributed by atoms with E-state index in [4.69, 9.17) is 9.26 Å². The van der Waals surface area contributed by atoms with Gasteiger partial charge in [-0.15, -0.1) is 0 Å². The van der Waals surface area contributed by atoms with Crippen LogP contribution in [0.5, 0.6) is 5.75 Å². The normalized spacial score (nSPS) is 15.3. The molecular formula is C25H36N3O6P. The van der Waals surface area contributed by atoms with Gasteiger partial charge in [-0.3, -0.25) is 14.1 Å². The van der Waals surface area contributed by atoms with Crippen LogP contribution in [0.4, 0.5) is 0 Å². The van der Waals surface area contributed by atoms with Crippen molar-refractivity contribution in [3.05, 3.63) is 65.7 Å². The molecule has 0 radical (unpaired) electrons. The molecule has 0 saturated carbocycles. The lowest BCUT2D eigenvalue weighted by Gasteiger charge is -2.27. The number of ether oxygens (including phenoxy) is 1. The molecule has 0 heterocycles. The minimum Gasteiger partial charge on any atom is -0.489 e. The Morgan fingerprint density at radius 3 is 2.23 bits per heavy atom. The Kier molecular flexibility index (Phi) is 11.4. The zero-order valence-corrected chi connectivity index (χ0v) is 21.6. The maximum absolute atomic E-state index is 13.1. The smallest absolute Gasteiger partial charge is 0.403 e. The topological polar surface area (TPSA) is 126 Å². The number of rotatable bonds is 14. The molecule has 2 aromatic rings. The second-order valence-corrected chi connectivity index (χ2v) is 9.79. The second kappa shape index (κ2) is 14.0. The summed E-state index contributed by atoms with van der Waals surface area (Å²) in [5.41, 5.74) is 1.88. The fraction of sp³-hybridized carbons (Fsp3) is 0.440. The number of carbonyl (C=O) groups excluding carboxylic acids is 2. The lowest BCUT2D eigenvalue weighted by Crippen LogP contribution is -2.54. The minimum atomic E-state index is -4.17. The van der Waals surface area contributed by atoms with Crippen molar-refractivity contribution in [2.45, 2.75) is 52.3 Å². The van der Waals surface area contributed by atoms with Crippen molar-refractivity contribution in [3.8, 4) is 5.75 Å². The molecule has 4 atom stereocenters. The fourth-order valence-corrected chi connectivity index (χ4v) is 4.56. The molecule has 0 bridgehead atoms. The van der Waals surface area contributed by atoms with Crippen molar-refractivity contribution >= 4 is 19.6 Å². The number of hydrogen-bond acceptors (Lipinski definition) is 5. The first-order chi connectivity index (χ1) is 16.7. The van der Waals surface area contributed by atoms with E-state index < -0.39 is 25.7 Å². The number of hydrogen-bond donors (Lipinski definition) is 4. The van der Waals surface area contributed by atoms with Crippen LogP contribution in [-0.2, 0) is 31.7 Å². The van der Waals surface area contributed by atoms with Gasteiger partial charge in [0.25, 0.3) is 0 Å². The Labute approximate surface area is 207 Å². The Balaban J connectivity index is 2.08. The summed E-state index contributed by atoms with van der Waals surface area (Å²) in [6.07, 6.45) is 0.812. The van der Waals surface area contributed by atoms with Crippen LogP contribution >= 0.6 is 7.75 Å². The van der Waals surface area contributed by atoms with Gasteiger partial charge in [0.2, 0.25) is 11.8 Å². The third-order valence-electron chi connectivity index (χ3n) is 5.59. The first-order valence-electron chi connectivity index (χ1n) is 11.7. The summed E-state index contributed by atoms with van der Waals surface area (Å²) in [6, 6.07) is 15.2. The van der Waals surface area contributed by atoms with E-state index in [9.17, 15) is 19.0 Å². The fourth-order valence-electron chi connectivity index (χ4n) is 3.41. The highest BCUT2D eigenvalue weighted by molar-refractivity contribution is 7.50. The summed E-state index contributed by atoms with van der Waals surface area (Å²) in [7, 11) is -2.68. The lowest BCUT2D eigenvalue weighted by atomic mass is 9.98. The number of benzene rings is 2. The van der Waals surface area contributed by atoms with Crippen LogP contribution in [0.3, 0.4) is 0 Å². The Bertz CT molecular complexity index is 986. The summed E-state index contributed by atoms with van der Waals surface area (Å²) < 4.78 is 22.9. The van der Waals surface area contributed by atoms with Gasteiger partial charge in [-0.2, -0.15) is 0 Å². The van der Waals surface area contributed by atoms with Crippen LogP contribution in [0.15, 0.2) is 54.6 Å². The standard InChI is InChI=1S/C25H36N3O6P/c1-5-18(3)23(28-35(31,32)34-6-2)25(30)27-22(24(29)26-4)16-19-12-14-21(15-13-19)33-17-20-10-8-7-9-11-20/h7-15,18,22-23H,5-6,16-17H2,1-4H3,(H,26,29)(H,27,30)(H2,28,31,32)/t18-,22-,23-/m0/s1. The Morgan fingerprint density at radius 2 is 1.66 bits per heavy atom. The van der Waals surface area contributed by atoms with Gasteiger partial charge < -0.3 is 20.3 Å². The van der Waals surface area contributed by atoms with Crippen LogP contribution < -0.4 is 20.5 Å². The summed E-state index contributed by atoms with van der Waals surface area (Å²) in [6.45, 7) is 5.70. The predicted octanol–water partition coefficient (Wildman–Crippen LogP) is 3.18. The van der Waals surface area contributed by atoms with Crippen molar-refractivity contribution in [3.63, 3.8) is 0 Å². The number of carbonyl (C=O) groups is 2. The minimum absolute atomic E-state index is 0.0154. The molecule has 0 saturated heterocycles. The van der Waals surface area contributed by atoms with E-state index in [1.807, 2.05) is 61.5 Å². The SMILES string of the molecule is CCOP(=O)(O)N[C@H](C(=O)N[C@@H](Cc1ccc(OCc2ccccc2)cc1)C(=O)NC)[C@@H](C)CC. The van der Waals surface area contributed by atoms with Crippen molar-refractivity contribution in [2.75, 3.05) is 13.7 Å². The number of amides is 2. The van der Waals surface area contributed by atoms with Crippen molar-refractivity contribution in [1.29, 1.82) is 0 Å². The molecule has 4 N–H and O–H groups in total.